The van der Waals surface area contributed by atoms with Gasteiger partial charge in [-0.3, -0.25) is 4.79 Å². The quantitative estimate of drug-likeness (QED) is 0.651. The van der Waals surface area contributed by atoms with Crippen LogP contribution >= 0.6 is 0 Å². The first-order valence-electron chi connectivity index (χ1n) is 9.00. The molecule has 0 aromatic heterocycles. The summed E-state index contributed by atoms with van der Waals surface area (Å²) in [6.07, 6.45) is -9.65. The number of halogens is 6. The number of ether oxygens (including phenoxy) is 1. The van der Waals surface area contributed by atoms with Gasteiger partial charge in [0.15, 0.2) is 0 Å². The van der Waals surface area contributed by atoms with E-state index >= 15 is 0 Å². The Labute approximate surface area is 168 Å². The summed E-state index contributed by atoms with van der Waals surface area (Å²) in [6, 6.07) is 0.250. The van der Waals surface area contributed by atoms with Crippen LogP contribution in [0.5, 0.6) is 0 Å². The average Bonchev–Trinajstić information content (AvgIpc) is 3.20. The summed E-state index contributed by atoms with van der Waals surface area (Å²) in [7, 11) is -4.63. The number of hydrogen-bond acceptors (Lipinski definition) is 4. The molecule has 1 aromatic carbocycles. The molecule has 30 heavy (non-hydrogen) atoms. The Balaban J connectivity index is 1.82. The third-order valence-corrected chi connectivity index (χ3v) is 6.83. The Morgan fingerprint density at radius 3 is 1.90 bits per heavy atom. The molecule has 2 fully saturated rings. The van der Waals surface area contributed by atoms with Crippen LogP contribution in [-0.2, 0) is 31.9 Å². The van der Waals surface area contributed by atoms with Crippen molar-refractivity contribution in [2.45, 2.75) is 36.2 Å². The molecule has 6 nitrogen and oxygen atoms in total. The van der Waals surface area contributed by atoms with Gasteiger partial charge in [-0.2, -0.15) is 30.6 Å². The normalized spacial score (nSPS) is 21.8. The first-order chi connectivity index (χ1) is 13.8. The minimum atomic E-state index is -5.15. The van der Waals surface area contributed by atoms with Gasteiger partial charge >= 0.3 is 12.4 Å². The topological polar surface area (TPSA) is 66.9 Å². The van der Waals surface area contributed by atoms with Crippen molar-refractivity contribution in [1.29, 1.82) is 0 Å². The summed E-state index contributed by atoms with van der Waals surface area (Å²) < 4.78 is 110. The van der Waals surface area contributed by atoms with Gasteiger partial charge in [-0.15, -0.1) is 0 Å². The number of rotatable bonds is 3. The standard InChI is InChI=1S/C17H18F6N2O4S/c18-16(19,20)11-8-12(17(21,22)23)10-13(9-11)30(27,28)25-5-3-24(4-6-25)15(26)14-2-1-7-29-14/h8-10,14H,1-7H2. The number of benzene rings is 1. The third kappa shape index (κ3) is 4.72. The molecule has 3 rings (SSSR count). The Morgan fingerprint density at radius 1 is 0.933 bits per heavy atom. The predicted octanol–water partition coefficient (Wildman–Crippen LogP) is 2.74. The van der Waals surface area contributed by atoms with Gasteiger partial charge in [-0.25, -0.2) is 8.42 Å². The summed E-state index contributed by atoms with van der Waals surface area (Å²) >= 11 is 0. The molecule has 1 unspecified atom stereocenters. The van der Waals surface area contributed by atoms with Crippen LogP contribution in [0.25, 0.3) is 0 Å². The molecule has 168 valence electrons. The number of carbonyl (C=O) groups excluding carboxylic acids is 1. The molecular weight excluding hydrogens is 442 g/mol. The lowest BCUT2D eigenvalue weighted by molar-refractivity contribution is -0.144. The largest absolute Gasteiger partial charge is 0.416 e. The summed E-state index contributed by atoms with van der Waals surface area (Å²) in [6.45, 7) is -0.134. The first-order valence-corrected chi connectivity index (χ1v) is 10.4. The Bertz CT molecular complexity index is 870. The molecule has 2 heterocycles. The maximum Gasteiger partial charge on any atom is 0.416 e. The second-order valence-corrected chi connectivity index (χ2v) is 8.91. The van der Waals surface area contributed by atoms with Crippen LogP contribution in [0.2, 0.25) is 0 Å². The number of amides is 1. The SMILES string of the molecule is O=C(C1CCCO1)N1CCN(S(=O)(=O)c2cc(C(F)(F)F)cc(C(F)(F)F)c2)CC1. The van der Waals surface area contributed by atoms with Gasteiger partial charge in [0, 0.05) is 32.8 Å². The van der Waals surface area contributed by atoms with Crippen LogP contribution in [0.15, 0.2) is 23.1 Å². The van der Waals surface area contributed by atoms with Gasteiger partial charge in [-0.05, 0) is 31.0 Å². The minimum absolute atomic E-state index is 0.0387. The summed E-state index contributed by atoms with van der Waals surface area (Å²) in [4.78, 5) is 12.6. The van der Waals surface area contributed by atoms with Crippen molar-refractivity contribution in [3.05, 3.63) is 29.3 Å². The van der Waals surface area contributed by atoms with Crippen LogP contribution in [-0.4, -0.2) is 62.4 Å². The van der Waals surface area contributed by atoms with Crippen LogP contribution in [0, 0.1) is 0 Å². The fourth-order valence-corrected chi connectivity index (χ4v) is 4.84. The smallest absolute Gasteiger partial charge is 0.368 e. The van der Waals surface area contributed by atoms with Crippen LogP contribution in [0.1, 0.15) is 24.0 Å². The number of nitrogens with zero attached hydrogens (tertiary/aromatic N) is 2. The van der Waals surface area contributed by atoms with E-state index in [-0.39, 0.29) is 50.3 Å². The molecule has 2 saturated heterocycles. The lowest BCUT2D eigenvalue weighted by Gasteiger charge is -2.35. The van der Waals surface area contributed by atoms with Gasteiger partial charge < -0.3 is 9.64 Å². The molecule has 1 amide bonds. The highest BCUT2D eigenvalue weighted by Crippen LogP contribution is 2.37. The van der Waals surface area contributed by atoms with E-state index in [9.17, 15) is 39.6 Å². The van der Waals surface area contributed by atoms with Crippen molar-refractivity contribution in [2.24, 2.45) is 0 Å². The lowest BCUT2D eigenvalue weighted by atomic mass is 10.1. The number of sulfonamides is 1. The van der Waals surface area contributed by atoms with Crippen LogP contribution < -0.4 is 0 Å². The van der Waals surface area contributed by atoms with E-state index in [0.717, 1.165) is 10.7 Å². The second kappa shape index (κ2) is 8.00. The molecule has 2 aliphatic rings. The van der Waals surface area contributed by atoms with Gasteiger partial charge in [0.05, 0.1) is 16.0 Å². The second-order valence-electron chi connectivity index (χ2n) is 6.97. The molecule has 0 saturated carbocycles. The van der Waals surface area contributed by atoms with Gasteiger partial charge in [0.1, 0.15) is 6.10 Å². The van der Waals surface area contributed by atoms with Crippen LogP contribution in [0.4, 0.5) is 26.3 Å². The highest BCUT2D eigenvalue weighted by molar-refractivity contribution is 7.89. The van der Waals surface area contributed by atoms with E-state index in [1.165, 1.54) is 4.90 Å². The highest BCUT2D eigenvalue weighted by atomic mass is 32.2. The molecule has 2 aliphatic heterocycles. The monoisotopic (exact) mass is 460 g/mol. The first kappa shape index (κ1) is 22.8. The van der Waals surface area contributed by atoms with Crippen molar-refractivity contribution < 1.29 is 44.3 Å². The third-order valence-electron chi connectivity index (χ3n) is 4.95. The highest BCUT2D eigenvalue weighted by Gasteiger charge is 2.40. The van der Waals surface area contributed by atoms with Crippen molar-refractivity contribution in [3.8, 4) is 0 Å². The molecular formula is C17H18F6N2O4S. The Morgan fingerprint density at radius 2 is 1.47 bits per heavy atom. The van der Waals surface area contributed by atoms with Crippen molar-refractivity contribution >= 4 is 15.9 Å². The van der Waals surface area contributed by atoms with E-state index in [4.69, 9.17) is 4.74 Å². The van der Waals surface area contributed by atoms with Crippen molar-refractivity contribution in [1.82, 2.24) is 9.21 Å². The zero-order valence-electron chi connectivity index (χ0n) is 15.5. The maximum atomic E-state index is 13.0. The molecule has 0 bridgehead atoms. The van der Waals surface area contributed by atoms with Crippen molar-refractivity contribution in [3.63, 3.8) is 0 Å². The predicted molar refractivity (Wildman–Crippen MR) is 90.8 cm³/mol. The zero-order valence-corrected chi connectivity index (χ0v) is 16.3. The van der Waals surface area contributed by atoms with E-state index in [1.807, 2.05) is 0 Å². The fraction of sp³-hybridized carbons (Fsp3) is 0.588. The summed E-state index contributed by atoms with van der Waals surface area (Å²) in [5, 5.41) is 0. The minimum Gasteiger partial charge on any atom is -0.368 e. The van der Waals surface area contributed by atoms with Gasteiger partial charge in [0.25, 0.3) is 5.91 Å². The molecule has 1 atom stereocenters. The van der Waals surface area contributed by atoms with Crippen LogP contribution in [0.3, 0.4) is 0 Å². The van der Waals surface area contributed by atoms with E-state index in [1.54, 1.807) is 0 Å². The van der Waals surface area contributed by atoms with Gasteiger partial charge in [-0.1, -0.05) is 0 Å². The number of hydrogen-bond donors (Lipinski definition) is 0. The van der Waals surface area contributed by atoms with E-state index in [0.29, 0.717) is 13.0 Å². The Kier molecular flexibility index (Phi) is 6.09. The maximum absolute atomic E-state index is 13.0. The van der Waals surface area contributed by atoms with Crippen molar-refractivity contribution in [2.75, 3.05) is 32.8 Å². The Hall–Kier alpha value is -1.86. The lowest BCUT2D eigenvalue weighted by Crippen LogP contribution is -2.52. The number of piperazine rings is 1. The fourth-order valence-electron chi connectivity index (χ4n) is 3.35. The van der Waals surface area contributed by atoms with E-state index < -0.39 is 44.5 Å². The molecule has 0 N–H and O–H groups in total. The zero-order chi connectivity index (χ0) is 22.3. The number of carbonyl (C=O) groups is 1. The average molecular weight is 460 g/mol. The molecule has 1 aromatic rings. The summed E-state index contributed by atoms with van der Waals surface area (Å²) in [5.41, 5.74) is -3.41. The van der Waals surface area contributed by atoms with E-state index in [2.05, 4.69) is 0 Å². The molecule has 0 radical (unpaired) electrons. The number of alkyl halides is 6. The van der Waals surface area contributed by atoms with Gasteiger partial charge in [0.2, 0.25) is 10.0 Å². The molecule has 0 spiro atoms. The summed E-state index contributed by atoms with van der Waals surface area (Å²) in [5.74, 6) is -0.303. The molecule has 13 heteroatoms. The molecule has 0 aliphatic carbocycles.